The van der Waals surface area contributed by atoms with Gasteiger partial charge in [-0.1, -0.05) is 48.5 Å². The van der Waals surface area contributed by atoms with E-state index in [1.807, 2.05) is 87.5 Å². The minimum atomic E-state index is -0.601. The van der Waals surface area contributed by atoms with Crippen molar-refractivity contribution in [2.45, 2.75) is 32.7 Å². The van der Waals surface area contributed by atoms with E-state index in [2.05, 4.69) is 10.6 Å². The molecule has 190 valence electrons. The molecule has 4 N–H and O–H groups in total. The van der Waals surface area contributed by atoms with Gasteiger partial charge in [-0.15, -0.1) is 0 Å². The molecule has 0 fully saturated rings. The second kappa shape index (κ2) is 10.6. The van der Waals surface area contributed by atoms with Crippen molar-refractivity contribution in [2.24, 2.45) is 5.73 Å². The van der Waals surface area contributed by atoms with E-state index in [0.717, 1.165) is 11.3 Å². The van der Waals surface area contributed by atoms with Crippen molar-refractivity contribution in [3.63, 3.8) is 0 Å². The highest BCUT2D eigenvalue weighted by atomic mass is 16.5. The normalized spacial score (nSPS) is 11.1. The summed E-state index contributed by atoms with van der Waals surface area (Å²) in [5, 5.41) is 11.0. The van der Waals surface area contributed by atoms with E-state index in [9.17, 15) is 9.59 Å². The van der Waals surface area contributed by atoms with Crippen molar-refractivity contribution >= 4 is 29.0 Å². The molecule has 8 nitrogen and oxygen atoms in total. The molecule has 0 aliphatic rings. The molecule has 1 aromatic heterocycles. The third-order valence-corrected chi connectivity index (χ3v) is 5.75. The van der Waals surface area contributed by atoms with Crippen molar-refractivity contribution in [3.05, 3.63) is 90.0 Å². The summed E-state index contributed by atoms with van der Waals surface area (Å²) < 4.78 is 7.09. The molecule has 0 aliphatic heterocycles. The number of nitrogens with one attached hydrogen (secondary N) is 2. The van der Waals surface area contributed by atoms with E-state index in [1.54, 1.807) is 23.9 Å². The Morgan fingerprint density at radius 2 is 1.65 bits per heavy atom. The highest BCUT2D eigenvalue weighted by molar-refractivity contribution is 6.04. The summed E-state index contributed by atoms with van der Waals surface area (Å²) in [7, 11) is 1.60. The monoisotopic (exact) mass is 497 g/mol. The fourth-order valence-electron chi connectivity index (χ4n) is 3.99. The van der Waals surface area contributed by atoms with Gasteiger partial charge in [0.1, 0.15) is 22.8 Å². The van der Waals surface area contributed by atoms with E-state index in [4.69, 9.17) is 15.6 Å². The fraction of sp³-hybridized carbons (Fsp3) is 0.207. The van der Waals surface area contributed by atoms with Crippen LogP contribution in [0.1, 0.15) is 36.7 Å². The van der Waals surface area contributed by atoms with Crippen LogP contribution in [0.4, 0.5) is 17.2 Å². The van der Waals surface area contributed by atoms with Crippen LogP contribution in [0.15, 0.2) is 78.9 Å². The largest absolute Gasteiger partial charge is 0.497 e. The third-order valence-electron chi connectivity index (χ3n) is 5.75. The molecule has 37 heavy (non-hydrogen) atoms. The summed E-state index contributed by atoms with van der Waals surface area (Å²) in [6.45, 7) is 5.99. The molecule has 4 aromatic rings. The van der Waals surface area contributed by atoms with Gasteiger partial charge in [-0.05, 0) is 50.6 Å². The van der Waals surface area contributed by atoms with Gasteiger partial charge in [-0.25, -0.2) is 4.68 Å². The lowest BCUT2D eigenvalue weighted by Gasteiger charge is -2.23. The summed E-state index contributed by atoms with van der Waals surface area (Å²) >= 11 is 0. The minimum absolute atomic E-state index is 0.112. The molecule has 0 saturated carbocycles. The minimum Gasteiger partial charge on any atom is -0.497 e. The Balaban J connectivity index is 1.66. The van der Waals surface area contributed by atoms with Crippen molar-refractivity contribution < 1.29 is 14.3 Å². The van der Waals surface area contributed by atoms with Crippen LogP contribution in [0.2, 0.25) is 0 Å². The van der Waals surface area contributed by atoms with Gasteiger partial charge in [0.15, 0.2) is 0 Å². The lowest BCUT2D eigenvalue weighted by atomic mass is 10.1. The second-order valence-corrected chi connectivity index (χ2v) is 9.66. The van der Waals surface area contributed by atoms with Crippen molar-refractivity contribution in [1.82, 2.24) is 9.78 Å². The zero-order valence-electron chi connectivity index (χ0n) is 21.4. The molecule has 0 atom stereocenters. The quantitative estimate of drug-likeness (QED) is 0.304. The molecule has 0 aliphatic carbocycles. The van der Waals surface area contributed by atoms with Gasteiger partial charge in [0.2, 0.25) is 5.91 Å². The molecule has 2 amide bonds. The van der Waals surface area contributed by atoms with E-state index in [0.29, 0.717) is 28.5 Å². The Labute approximate surface area is 216 Å². The van der Waals surface area contributed by atoms with Gasteiger partial charge in [0, 0.05) is 23.0 Å². The highest BCUT2D eigenvalue weighted by Crippen LogP contribution is 2.35. The topological polar surface area (TPSA) is 111 Å². The van der Waals surface area contributed by atoms with Crippen molar-refractivity contribution in [3.8, 4) is 17.0 Å². The van der Waals surface area contributed by atoms with Crippen LogP contribution in [-0.2, 0) is 16.8 Å². The molecule has 3 aromatic carbocycles. The molecular weight excluding hydrogens is 466 g/mol. The zero-order valence-corrected chi connectivity index (χ0v) is 21.4. The van der Waals surface area contributed by atoms with Gasteiger partial charge < -0.3 is 21.1 Å². The van der Waals surface area contributed by atoms with Gasteiger partial charge in [0.05, 0.1) is 19.1 Å². The van der Waals surface area contributed by atoms with Crippen molar-refractivity contribution in [1.29, 1.82) is 0 Å². The molecule has 8 heteroatoms. The first-order valence-electron chi connectivity index (χ1n) is 11.9. The number of rotatable bonds is 8. The lowest BCUT2D eigenvalue weighted by molar-refractivity contribution is -0.115. The average molecular weight is 498 g/mol. The number of amides is 2. The summed E-state index contributed by atoms with van der Waals surface area (Å²) in [4.78, 5) is 25.2. The molecule has 0 spiro atoms. The number of hydrogen-bond acceptors (Lipinski definition) is 5. The van der Waals surface area contributed by atoms with Gasteiger partial charge in [0.25, 0.3) is 5.91 Å². The Hall–Kier alpha value is -4.59. The number of benzene rings is 3. The maximum atomic E-state index is 12.7. The lowest BCUT2D eigenvalue weighted by Crippen LogP contribution is -2.25. The molecule has 0 radical (unpaired) electrons. The van der Waals surface area contributed by atoms with Gasteiger partial charge >= 0.3 is 0 Å². The number of nitrogens with two attached hydrogens (primary N) is 1. The molecular formula is C29H31N5O3. The van der Waals surface area contributed by atoms with E-state index in [1.165, 1.54) is 0 Å². The number of carbonyl (C=O) groups is 2. The number of methoxy groups -OCH3 is 1. The van der Waals surface area contributed by atoms with Gasteiger partial charge in [-0.3, -0.25) is 9.59 Å². The van der Waals surface area contributed by atoms with E-state index < -0.39 is 11.4 Å². The SMILES string of the molecule is COc1cccc(Nc2c(C(N)=O)c(-c3ccc(NC(=O)Cc4ccccc4)cc3)nn2C(C)(C)C)c1. The van der Waals surface area contributed by atoms with Crippen LogP contribution in [0.5, 0.6) is 5.75 Å². The van der Waals surface area contributed by atoms with Crippen LogP contribution in [0.25, 0.3) is 11.3 Å². The summed E-state index contributed by atoms with van der Waals surface area (Å²) in [6, 6.07) is 24.2. The maximum absolute atomic E-state index is 12.7. The Kier molecular flexibility index (Phi) is 7.29. The van der Waals surface area contributed by atoms with E-state index in [-0.39, 0.29) is 17.9 Å². The zero-order chi connectivity index (χ0) is 26.6. The number of nitrogens with zero attached hydrogens (tertiary/aromatic N) is 2. The van der Waals surface area contributed by atoms with Crippen LogP contribution in [-0.4, -0.2) is 28.7 Å². The van der Waals surface area contributed by atoms with Crippen molar-refractivity contribution in [2.75, 3.05) is 17.7 Å². The number of aromatic nitrogens is 2. The predicted molar refractivity (Wildman–Crippen MR) is 146 cm³/mol. The first kappa shape index (κ1) is 25.5. The first-order chi connectivity index (χ1) is 17.7. The number of carbonyl (C=O) groups excluding carboxylic acids is 2. The summed E-state index contributed by atoms with van der Waals surface area (Å²) in [6.07, 6.45) is 0.281. The molecule has 1 heterocycles. The second-order valence-electron chi connectivity index (χ2n) is 9.66. The summed E-state index contributed by atoms with van der Waals surface area (Å²) in [5.41, 5.74) is 9.17. The van der Waals surface area contributed by atoms with Crippen LogP contribution >= 0.6 is 0 Å². The Morgan fingerprint density at radius 3 is 2.27 bits per heavy atom. The number of hydrogen-bond donors (Lipinski definition) is 3. The number of anilines is 3. The predicted octanol–water partition coefficient (Wildman–Crippen LogP) is 5.34. The number of ether oxygens (including phenoxy) is 1. The fourth-order valence-corrected chi connectivity index (χ4v) is 3.99. The Morgan fingerprint density at radius 1 is 0.946 bits per heavy atom. The van der Waals surface area contributed by atoms with Crippen LogP contribution in [0.3, 0.4) is 0 Å². The average Bonchev–Trinajstić information content (AvgIpc) is 3.25. The van der Waals surface area contributed by atoms with Crippen LogP contribution in [0, 0.1) is 0 Å². The standard InChI is InChI=1S/C29H31N5O3/c1-29(2,3)34-28(32-22-11-8-12-23(18-22)37-4)25(27(30)36)26(33-34)20-13-15-21(16-14-20)31-24(35)17-19-9-6-5-7-10-19/h5-16,18,32H,17H2,1-4H3,(H2,30,36)(H,31,35). The third kappa shape index (κ3) is 5.98. The summed E-state index contributed by atoms with van der Waals surface area (Å²) in [5.74, 6) is 0.454. The maximum Gasteiger partial charge on any atom is 0.254 e. The van der Waals surface area contributed by atoms with Gasteiger partial charge in [-0.2, -0.15) is 5.10 Å². The molecule has 0 unspecified atom stereocenters. The molecule has 0 bridgehead atoms. The smallest absolute Gasteiger partial charge is 0.254 e. The molecule has 0 saturated heterocycles. The molecule has 4 rings (SSSR count). The van der Waals surface area contributed by atoms with E-state index >= 15 is 0 Å². The first-order valence-corrected chi connectivity index (χ1v) is 11.9. The Bertz CT molecular complexity index is 1400. The highest BCUT2D eigenvalue weighted by Gasteiger charge is 2.29. The number of primary amides is 1. The van der Waals surface area contributed by atoms with Crippen LogP contribution < -0.4 is 21.1 Å².